The van der Waals surface area contributed by atoms with Gasteiger partial charge in [-0.15, -0.1) is 0 Å². The number of amides is 1. The molecule has 1 unspecified atom stereocenters. The molecule has 3 rings (SSSR count). The fourth-order valence-electron chi connectivity index (χ4n) is 7.63. The molecule has 3 aliphatic rings. The van der Waals surface area contributed by atoms with Crippen LogP contribution in [0.15, 0.2) is 5.11 Å². The molecule has 0 spiro atoms. The Bertz CT molecular complexity index is 1300. The van der Waals surface area contributed by atoms with Gasteiger partial charge in [0.2, 0.25) is 0 Å². The number of halogens is 1. The number of hydrogen-bond donors (Lipinski definition) is 1. The van der Waals surface area contributed by atoms with Gasteiger partial charge in [0.1, 0.15) is 18.0 Å². The summed E-state index contributed by atoms with van der Waals surface area (Å²) in [5.74, 6) is -4.98. The quantitative estimate of drug-likeness (QED) is 0.0856. The average Bonchev–Trinajstić information content (AvgIpc) is 3.29. The Labute approximate surface area is 294 Å². The van der Waals surface area contributed by atoms with Gasteiger partial charge in [-0.05, 0) is 79.4 Å². The van der Waals surface area contributed by atoms with Crippen LogP contribution in [-0.4, -0.2) is 132 Å². The number of azide groups is 1. The lowest BCUT2D eigenvalue weighted by atomic mass is 9.75. The number of nitrogens with zero attached hydrogens (tertiary/aromatic N) is 5. The minimum Gasteiger partial charge on any atom is -0.455 e. The molecule has 0 bridgehead atoms. The van der Waals surface area contributed by atoms with E-state index in [9.17, 15) is 24.3 Å². The van der Waals surface area contributed by atoms with Gasteiger partial charge in [-0.1, -0.05) is 25.9 Å². The van der Waals surface area contributed by atoms with Crippen molar-refractivity contribution in [3.05, 3.63) is 10.4 Å². The number of ether oxygens (including phenoxy) is 5. The molecule has 3 aliphatic heterocycles. The van der Waals surface area contributed by atoms with Gasteiger partial charge in [0.25, 0.3) is 5.67 Å². The molecular weight excluding hydrogens is 657 g/mol. The van der Waals surface area contributed by atoms with Gasteiger partial charge in [-0.25, -0.2) is 14.0 Å². The number of carbonyl (C=O) groups is 4. The maximum absolute atomic E-state index is 16.6. The number of carbonyl (C=O) groups excluding carboxylic acids is 4. The van der Waals surface area contributed by atoms with Crippen molar-refractivity contribution in [2.45, 2.75) is 147 Å². The first-order valence-corrected chi connectivity index (χ1v) is 17.5. The lowest BCUT2D eigenvalue weighted by Gasteiger charge is -2.47. The van der Waals surface area contributed by atoms with Gasteiger partial charge in [-0.3, -0.25) is 9.59 Å². The highest BCUT2D eigenvalue weighted by Crippen LogP contribution is 2.42. The molecule has 0 aliphatic carbocycles. The summed E-state index contributed by atoms with van der Waals surface area (Å²) in [6.45, 7) is 11.0. The highest BCUT2D eigenvalue weighted by Gasteiger charge is 2.60. The minimum absolute atomic E-state index is 0.00481. The third kappa shape index (κ3) is 8.59. The molecular formula is C34H56FN5O10. The minimum atomic E-state index is -3.17. The second-order valence-corrected chi connectivity index (χ2v) is 14.8. The van der Waals surface area contributed by atoms with Crippen LogP contribution < -0.4 is 0 Å². The summed E-state index contributed by atoms with van der Waals surface area (Å²) in [6.07, 6.45) is -4.70. The van der Waals surface area contributed by atoms with Crippen LogP contribution in [0.3, 0.4) is 0 Å². The monoisotopic (exact) mass is 713 g/mol. The smallest absolute Gasteiger partial charge is 0.410 e. The molecule has 1 amide bonds. The number of unbranched alkanes of at least 4 members (excludes halogenated alkanes) is 1. The summed E-state index contributed by atoms with van der Waals surface area (Å²) in [7, 11) is 5.00. The highest BCUT2D eigenvalue weighted by molar-refractivity contribution is 6.07. The van der Waals surface area contributed by atoms with Gasteiger partial charge in [0, 0.05) is 49.4 Å². The fraction of sp³-hybridized carbons (Fsp3) is 0.882. The van der Waals surface area contributed by atoms with Crippen LogP contribution in [0.25, 0.3) is 10.4 Å². The molecule has 16 heteroatoms. The number of ketones is 2. The van der Waals surface area contributed by atoms with Crippen molar-refractivity contribution in [2.24, 2.45) is 17.0 Å². The maximum atomic E-state index is 16.6. The van der Waals surface area contributed by atoms with Crippen molar-refractivity contribution in [2.75, 3.05) is 34.3 Å². The first-order valence-electron chi connectivity index (χ1n) is 17.5. The number of aliphatic hydroxyl groups excluding tert-OH is 1. The van der Waals surface area contributed by atoms with E-state index in [1.807, 2.05) is 25.9 Å². The molecule has 284 valence electrons. The zero-order chi connectivity index (χ0) is 37.8. The summed E-state index contributed by atoms with van der Waals surface area (Å²) < 4.78 is 46.6. The first kappa shape index (κ1) is 41.5. The highest BCUT2D eigenvalue weighted by atomic mass is 19.1. The van der Waals surface area contributed by atoms with Crippen LogP contribution in [0.4, 0.5) is 9.18 Å². The van der Waals surface area contributed by atoms with E-state index in [0.717, 1.165) is 6.92 Å². The van der Waals surface area contributed by atoms with E-state index in [4.69, 9.17) is 29.2 Å². The standard InChI is InChI=1S/C34H56FN5O10/c1-11-25-34(7)24(40(31(45)50-34)15-13-12-14-37-38-36)17-23(41)19(2)18-32(5,46-10)28(21(4)27(43)33(6,35)30(44)48-25)49-29-26(42)22(39(8)9)16-20(3)47-29/h19-22,24-26,28-29,42H,11-18H2,1-10H3/t19-,20-,21+,22?,24-,25-,26-,28-,29+,32-,33+,34+/m1/s1. The number of fused-ring (bicyclic) bond motifs is 1. The molecule has 1 N–H and O–H groups in total. The van der Waals surface area contributed by atoms with Gasteiger partial charge in [-0.2, -0.15) is 0 Å². The molecule has 3 heterocycles. The number of aliphatic hydroxyl groups is 1. The van der Waals surface area contributed by atoms with E-state index in [-0.39, 0.29) is 50.3 Å². The number of hydrogen-bond acceptors (Lipinski definition) is 12. The van der Waals surface area contributed by atoms with Crippen LogP contribution in [0.5, 0.6) is 0 Å². The SMILES string of the molecule is CC[C@H]1OC(=O)[C@@](C)(F)C(=O)[C@H](C)[C@@H](O[C@@H]2O[C@H](C)CC(N(C)C)[C@H]2O)[C@](C)(OC)C[C@@H](C)C(=O)C[C@H]2N(CCCCN=[N+]=[N-])C(=O)O[C@]12C. The predicted molar refractivity (Wildman–Crippen MR) is 179 cm³/mol. The third-order valence-corrected chi connectivity index (χ3v) is 10.8. The summed E-state index contributed by atoms with van der Waals surface area (Å²) in [5.41, 5.74) is 2.43. The number of rotatable bonds is 10. The van der Waals surface area contributed by atoms with E-state index >= 15 is 4.39 Å². The molecule has 3 saturated heterocycles. The van der Waals surface area contributed by atoms with Crippen LogP contribution in [0, 0.1) is 11.8 Å². The van der Waals surface area contributed by atoms with Crippen molar-refractivity contribution >= 4 is 23.6 Å². The molecule has 50 heavy (non-hydrogen) atoms. The second-order valence-electron chi connectivity index (χ2n) is 14.8. The normalized spacial score (nSPS) is 40.5. The molecule has 3 fully saturated rings. The summed E-state index contributed by atoms with van der Waals surface area (Å²) >= 11 is 0. The predicted octanol–water partition coefficient (Wildman–Crippen LogP) is 4.13. The maximum Gasteiger partial charge on any atom is 0.410 e. The van der Waals surface area contributed by atoms with E-state index < -0.39 is 77.2 Å². The Hall–Kier alpha value is -2.88. The van der Waals surface area contributed by atoms with E-state index in [1.54, 1.807) is 27.7 Å². The topological polar surface area (TPSA) is 190 Å². The Morgan fingerprint density at radius 2 is 1.80 bits per heavy atom. The summed E-state index contributed by atoms with van der Waals surface area (Å²) in [6, 6.07) is -1.27. The van der Waals surface area contributed by atoms with Crippen molar-refractivity contribution < 1.29 is 52.4 Å². The Balaban J connectivity index is 2.10. The van der Waals surface area contributed by atoms with Crippen molar-refractivity contribution in [3.63, 3.8) is 0 Å². The summed E-state index contributed by atoms with van der Waals surface area (Å²) in [4.78, 5) is 61.1. The van der Waals surface area contributed by atoms with E-state index in [2.05, 4.69) is 10.0 Å². The van der Waals surface area contributed by atoms with E-state index in [1.165, 1.54) is 18.9 Å². The number of esters is 1. The van der Waals surface area contributed by atoms with Crippen molar-refractivity contribution in [1.82, 2.24) is 9.80 Å². The van der Waals surface area contributed by atoms with Crippen molar-refractivity contribution in [1.29, 1.82) is 0 Å². The molecule has 0 radical (unpaired) electrons. The van der Waals surface area contributed by atoms with Gasteiger partial charge in [0.05, 0.1) is 23.9 Å². The van der Waals surface area contributed by atoms with Crippen LogP contribution in [-0.2, 0) is 38.1 Å². The summed E-state index contributed by atoms with van der Waals surface area (Å²) in [5, 5.41) is 14.8. The Kier molecular flexibility index (Phi) is 13.8. The number of likely N-dealkylation sites (N-methyl/N-ethyl adjacent to an activating group) is 1. The number of alkyl halides is 1. The number of Topliss-reactive ketones (excluding diaryl/α,β-unsaturated/α-hetero) is 2. The van der Waals surface area contributed by atoms with Crippen LogP contribution in [0.1, 0.15) is 87.0 Å². The van der Waals surface area contributed by atoms with Crippen LogP contribution >= 0.6 is 0 Å². The van der Waals surface area contributed by atoms with Crippen LogP contribution in [0.2, 0.25) is 0 Å². The molecule has 12 atom stereocenters. The third-order valence-electron chi connectivity index (χ3n) is 10.8. The second kappa shape index (κ2) is 16.6. The largest absolute Gasteiger partial charge is 0.455 e. The van der Waals surface area contributed by atoms with Crippen molar-refractivity contribution in [3.8, 4) is 0 Å². The molecule has 0 aromatic rings. The fourth-order valence-corrected chi connectivity index (χ4v) is 7.63. The van der Waals surface area contributed by atoms with E-state index in [0.29, 0.717) is 19.3 Å². The molecule has 15 nitrogen and oxygen atoms in total. The van der Waals surface area contributed by atoms with Gasteiger partial charge in [0.15, 0.2) is 17.7 Å². The van der Waals surface area contributed by atoms with Gasteiger partial charge >= 0.3 is 12.1 Å². The first-order chi connectivity index (χ1) is 23.3. The zero-order valence-electron chi connectivity index (χ0n) is 31.1. The molecule has 0 aromatic heterocycles. The lowest BCUT2D eigenvalue weighted by molar-refractivity contribution is -0.295. The Morgan fingerprint density at radius 3 is 2.38 bits per heavy atom. The lowest BCUT2D eigenvalue weighted by Crippen LogP contribution is -2.61. The Morgan fingerprint density at radius 1 is 1.14 bits per heavy atom. The molecule has 0 aromatic carbocycles. The number of cyclic esters (lactones) is 1. The average molecular weight is 714 g/mol. The molecule has 0 saturated carbocycles. The zero-order valence-corrected chi connectivity index (χ0v) is 31.1. The number of methoxy groups -OCH3 is 1. The van der Waals surface area contributed by atoms with Gasteiger partial charge < -0.3 is 38.6 Å².